The third-order valence-electron chi connectivity index (χ3n) is 2.23. The molecule has 2 N–H and O–H groups in total. The molecule has 0 saturated heterocycles. The van der Waals surface area contributed by atoms with E-state index in [4.69, 9.17) is 23.2 Å². The second-order valence-electron chi connectivity index (χ2n) is 4.82. The minimum absolute atomic E-state index is 0.245. The predicted octanol–water partition coefficient (Wildman–Crippen LogP) is 2.99. The Labute approximate surface area is 111 Å². The Morgan fingerprint density at radius 3 is 2.65 bits per heavy atom. The molecule has 0 saturated carbocycles. The second kappa shape index (κ2) is 5.85. The lowest BCUT2D eigenvalue weighted by Gasteiger charge is -2.26. The van der Waals surface area contributed by atoms with E-state index < -0.39 is 5.60 Å². The molecular weight excluding hydrogens is 261 g/mol. The van der Waals surface area contributed by atoms with Crippen molar-refractivity contribution in [3.63, 3.8) is 0 Å². The summed E-state index contributed by atoms with van der Waals surface area (Å²) in [6, 6.07) is 1.59. The van der Waals surface area contributed by atoms with E-state index in [1.165, 1.54) is 0 Å². The molecule has 0 aliphatic rings. The SMILES string of the molecule is CC(C)CC(C)(O)CNc1cc(Cl)nnc1Cl. The van der Waals surface area contributed by atoms with Crippen LogP contribution in [0.2, 0.25) is 10.3 Å². The van der Waals surface area contributed by atoms with E-state index in [-0.39, 0.29) is 10.3 Å². The Morgan fingerprint density at radius 2 is 2.06 bits per heavy atom. The van der Waals surface area contributed by atoms with Crippen LogP contribution in [-0.4, -0.2) is 27.4 Å². The van der Waals surface area contributed by atoms with Crippen molar-refractivity contribution in [2.45, 2.75) is 32.8 Å². The third-order valence-corrected chi connectivity index (χ3v) is 2.69. The van der Waals surface area contributed by atoms with Crippen molar-refractivity contribution < 1.29 is 5.11 Å². The van der Waals surface area contributed by atoms with E-state index in [2.05, 4.69) is 29.4 Å². The van der Waals surface area contributed by atoms with Gasteiger partial charge < -0.3 is 10.4 Å². The molecule has 6 heteroatoms. The zero-order chi connectivity index (χ0) is 13.1. The highest BCUT2D eigenvalue weighted by Crippen LogP contribution is 2.23. The van der Waals surface area contributed by atoms with Crippen LogP contribution in [0.25, 0.3) is 0 Å². The summed E-state index contributed by atoms with van der Waals surface area (Å²) < 4.78 is 0. The van der Waals surface area contributed by atoms with Crippen molar-refractivity contribution in [3.8, 4) is 0 Å². The molecule has 0 radical (unpaired) electrons. The maximum Gasteiger partial charge on any atom is 0.174 e. The van der Waals surface area contributed by atoms with Crippen LogP contribution >= 0.6 is 23.2 Å². The van der Waals surface area contributed by atoms with Crippen molar-refractivity contribution in [1.82, 2.24) is 10.2 Å². The second-order valence-corrected chi connectivity index (χ2v) is 5.57. The highest BCUT2D eigenvalue weighted by atomic mass is 35.5. The first-order valence-corrected chi connectivity index (χ1v) is 6.21. The monoisotopic (exact) mass is 277 g/mol. The molecule has 1 aromatic heterocycles. The summed E-state index contributed by atoms with van der Waals surface area (Å²) in [7, 11) is 0. The molecule has 0 spiro atoms. The van der Waals surface area contributed by atoms with Crippen molar-refractivity contribution >= 4 is 28.9 Å². The minimum atomic E-state index is -0.798. The molecule has 0 amide bonds. The van der Waals surface area contributed by atoms with Gasteiger partial charge in [0.05, 0.1) is 11.3 Å². The van der Waals surface area contributed by atoms with E-state index in [0.29, 0.717) is 24.6 Å². The van der Waals surface area contributed by atoms with Crippen LogP contribution < -0.4 is 5.32 Å². The van der Waals surface area contributed by atoms with Crippen molar-refractivity contribution in [1.29, 1.82) is 0 Å². The first kappa shape index (κ1) is 14.5. The predicted molar refractivity (Wildman–Crippen MR) is 70.6 cm³/mol. The van der Waals surface area contributed by atoms with Crippen LogP contribution in [-0.2, 0) is 0 Å². The van der Waals surface area contributed by atoms with Gasteiger partial charge in [-0.2, -0.15) is 0 Å². The van der Waals surface area contributed by atoms with Crippen molar-refractivity contribution in [2.75, 3.05) is 11.9 Å². The van der Waals surface area contributed by atoms with Crippen LogP contribution in [0.3, 0.4) is 0 Å². The summed E-state index contributed by atoms with van der Waals surface area (Å²) in [6.45, 7) is 6.29. The van der Waals surface area contributed by atoms with Gasteiger partial charge in [-0.3, -0.25) is 0 Å². The average molecular weight is 278 g/mol. The van der Waals surface area contributed by atoms with Gasteiger partial charge in [0.15, 0.2) is 10.3 Å². The van der Waals surface area contributed by atoms with Gasteiger partial charge in [0, 0.05) is 12.6 Å². The zero-order valence-corrected chi connectivity index (χ0v) is 11.7. The van der Waals surface area contributed by atoms with Crippen molar-refractivity contribution in [2.24, 2.45) is 5.92 Å². The number of hydrogen-bond donors (Lipinski definition) is 2. The summed E-state index contributed by atoms with van der Waals surface area (Å²) >= 11 is 11.6. The highest BCUT2D eigenvalue weighted by molar-refractivity contribution is 6.33. The smallest absolute Gasteiger partial charge is 0.174 e. The first-order valence-electron chi connectivity index (χ1n) is 5.45. The maximum absolute atomic E-state index is 10.1. The summed E-state index contributed by atoms with van der Waals surface area (Å²) in [5, 5.41) is 21.0. The van der Waals surface area contributed by atoms with E-state index >= 15 is 0 Å². The molecule has 17 heavy (non-hydrogen) atoms. The van der Waals surface area contributed by atoms with Crippen LogP contribution in [0.15, 0.2) is 6.07 Å². The standard InChI is InChI=1S/C11H17Cl2N3O/c1-7(2)5-11(3,17)6-14-8-4-9(12)15-16-10(8)13/h4,7,17H,5-6H2,1-3H3,(H,14,15). The van der Waals surface area contributed by atoms with Crippen LogP contribution in [0.1, 0.15) is 27.2 Å². The quantitative estimate of drug-likeness (QED) is 0.869. The number of nitrogens with one attached hydrogen (secondary N) is 1. The lowest BCUT2D eigenvalue weighted by molar-refractivity contribution is 0.0515. The molecule has 1 unspecified atom stereocenters. The molecule has 4 nitrogen and oxygen atoms in total. The molecular formula is C11H17Cl2N3O. The van der Waals surface area contributed by atoms with E-state index in [0.717, 1.165) is 0 Å². The molecule has 1 aromatic rings. The number of halogens is 2. The van der Waals surface area contributed by atoms with Gasteiger partial charge in [-0.05, 0) is 19.3 Å². The van der Waals surface area contributed by atoms with Crippen LogP contribution in [0, 0.1) is 5.92 Å². The van der Waals surface area contributed by atoms with Gasteiger partial charge in [-0.25, -0.2) is 0 Å². The molecule has 1 rings (SSSR count). The Balaban J connectivity index is 2.63. The Morgan fingerprint density at radius 1 is 1.41 bits per heavy atom. The lowest BCUT2D eigenvalue weighted by Crippen LogP contribution is -2.35. The Bertz CT molecular complexity index is 383. The van der Waals surface area contributed by atoms with Gasteiger partial charge in [0.1, 0.15) is 0 Å². The molecule has 96 valence electrons. The summed E-state index contributed by atoms with van der Waals surface area (Å²) in [6.07, 6.45) is 0.698. The van der Waals surface area contributed by atoms with E-state index in [1.807, 2.05) is 0 Å². The Hall–Kier alpha value is -0.580. The normalized spacial score (nSPS) is 14.8. The highest BCUT2D eigenvalue weighted by Gasteiger charge is 2.22. The van der Waals surface area contributed by atoms with Crippen LogP contribution in [0.5, 0.6) is 0 Å². The van der Waals surface area contributed by atoms with Gasteiger partial charge in [0.25, 0.3) is 0 Å². The molecule has 0 aliphatic carbocycles. The molecule has 0 aliphatic heterocycles. The third kappa shape index (κ3) is 5.06. The number of hydrogen-bond acceptors (Lipinski definition) is 4. The zero-order valence-electron chi connectivity index (χ0n) is 10.2. The molecule has 1 atom stereocenters. The van der Waals surface area contributed by atoms with Gasteiger partial charge >= 0.3 is 0 Å². The number of nitrogens with zero attached hydrogens (tertiary/aromatic N) is 2. The fourth-order valence-electron chi connectivity index (χ4n) is 1.71. The fourth-order valence-corrected chi connectivity index (χ4v) is 2.02. The number of anilines is 1. The molecule has 0 aromatic carbocycles. The first-order chi connectivity index (χ1) is 7.80. The topological polar surface area (TPSA) is 58.0 Å². The van der Waals surface area contributed by atoms with Crippen LogP contribution in [0.4, 0.5) is 5.69 Å². The average Bonchev–Trinajstić information content (AvgIpc) is 2.17. The van der Waals surface area contributed by atoms with E-state index in [9.17, 15) is 5.11 Å². The summed E-state index contributed by atoms with van der Waals surface area (Å²) in [4.78, 5) is 0. The minimum Gasteiger partial charge on any atom is -0.388 e. The fraction of sp³-hybridized carbons (Fsp3) is 0.636. The van der Waals surface area contributed by atoms with E-state index in [1.54, 1.807) is 13.0 Å². The van der Waals surface area contributed by atoms with Gasteiger partial charge in [-0.1, -0.05) is 37.0 Å². The molecule has 1 heterocycles. The molecule has 0 fully saturated rings. The lowest BCUT2D eigenvalue weighted by atomic mass is 9.94. The largest absolute Gasteiger partial charge is 0.388 e. The molecule has 0 bridgehead atoms. The summed E-state index contributed by atoms with van der Waals surface area (Å²) in [5.74, 6) is 0.418. The summed E-state index contributed by atoms with van der Waals surface area (Å²) in [5.41, 5.74) is -0.219. The maximum atomic E-state index is 10.1. The Kier molecular flexibility index (Phi) is 4.98. The van der Waals surface area contributed by atoms with Gasteiger partial charge in [-0.15, -0.1) is 10.2 Å². The van der Waals surface area contributed by atoms with Gasteiger partial charge in [0.2, 0.25) is 0 Å². The van der Waals surface area contributed by atoms with Crippen molar-refractivity contribution in [3.05, 3.63) is 16.4 Å². The number of aromatic nitrogens is 2. The number of aliphatic hydroxyl groups is 1. The number of rotatable bonds is 5.